The van der Waals surface area contributed by atoms with Crippen LogP contribution in [0.2, 0.25) is 0 Å². The van der Waals surface area contributed by atoms with Crippen LogP contribution >= 0.6 is 0 Å². The molecule has 4 heteroatoms. The zero-order valence-corrected chi connectivity index (χ0v) is 22.5. The molecule has 192 valence electrons. The third-order valence-corrected chi connectivity index (χ3v) is 7.33. The van der Waals surface area contributed by atoms with Gasteiger partial charge < -0.3 is 20.4 Å². The van der Waals surface area contributed by atoms with Crippen LogP contribution in [-0.4, -0.2) is 20.4 Å². The molecule has 4 rings (SSSR count). The number of aryl methyl sites for hydroxylation is 6. The van der Waals surface area contributed by atoms with Crippen molar-refractivity contribution in [1.29, 1.82) is 0 Å². The number of aromatic hydroxyl groups is 4. The molecule has 0 atom stereocenters. The lowest BCUT2D eigenvalue weighted by Gasteiger charge is -2.17. The fraction of sp³-hybridized carbons (Fsp3) is 0.273. The molecule has 0 radical (unpaired) electrons. The Hall–Kier alpha value is -3.92. The summed E-state index contributed by atoms with van der Waals surface area (Å²) >= 11 is 0. The fourth-order valence-corrected chi connectivity index (χ4v) is 5.14. The van der Waals surface area contributed by atoms with Gasteiger partial charge in [0.1, 0.15) is 23.0 Å². The first-order valence-electron chi connectivity index (χ1n) is 12.6. The van der Waals surface area contributed by atoms with Crippen molar-refractivity contribution in [3.63, 3.8) is 0 Å². The first-order valence-corrected chi connectivity index (χ1v) is 12.6. The second kappa shape index (κ2) is 10.2. The molecule has 0 heterocycles. The van der Waals surface area contributed by atoms with E-state index in [0.29, 0.717) is 19.3 Å². The number of hydrogen-bond acceptors (Lipinski definition) is 4. The Morgan fingerprint density at radius 1 is 0.432 bits per heavy atom. The zero-order chi connectivity index (χ0) is 27.0. The first kappa shape index (κ1) is 26.2. The molecule has 4 N–H and O–H groups in total. The van der Waals surface area contributed by atoms with Crippen LogP contribution in [0.5, 0.6) is 23.0 Å². The van der Waals surface area contributed by atoms with E-state index < -0.39 is 0 Å². The topological polar surface area (TPSA) is 80.9 Å². The highest BCUT2D eigenvalue weighted by atomic mass is 16.3. The maximum Gasteiger partial charge on any atom is 0.122 e. The quantitative estimate of drug-likeness (QED) is 0.229. The van der Waals surface area contributed by atoms with Crippen LogP contribution in [0, 0.1) is 41.5 Å². The summed E-state index contributed by atoms with van der Waals surface area (Å²) in [5, 5.41) is 43.2. The SMILES string of the molecule is Cc1cc(Cc2cc(C)c(O)cc2C)c(O)c(Cc2cc(C)cc(Cc3c(C)ccc(C)c3O)c2O)c1. The van der Waals surface area contributed by atoms with Gasteiger partial charge in [-0.15, -0.1) is 0 Å². The van der Waals surface area contributed by atoms with Crippen molar-refractivity contribution in [3.05, 3.63) is 115 Å². The van der Waals surface area contributed by atoms with Crippen LogP contribution in [0.15, 0.2) is 48.5 Å². The van der Waals surface area contributed by atoms with Crippen LogP contribution in [0.4, 0.5) is 0 Å². The summed E-state index contributed by atoms with van der Waals surface area (Å²) in [6, 6.07) is 15.5. The molecule has 0 bridgehead atoms. The van der Waals surface area contributed by atoms with Crippen LogP contribution in [0.1, 0.15) is 66.8 Å². The molecule has 0 spiro atoms. The van der Waals surface area contributed by atoms with Gasteiger partial charge in [0, 0.05) is 24.8 Å². The molecule has 0 aliphatic heterocycles. The van der Waals surface area contributed by atoms with Gasteiger partial charge in [-0.2, -0.15) is 0 Å². The molecule has 0 saturated heterocycles. The molecular formula is C33H36O4. The lowest BCUT2D eigenvalue weighted by molar-refractivity contribution is 0.454. The van der Waals surface area contributed by atoms with Crippen molar-refractivity contribution in [2.24, 2.45) is 0 Å². The molecule has 0 fully saturated rings. The van der Waals surface area contributed by atoms with Crippen LogP contribution in [0.3, 0.4) is 0 Å². The third-order valence-electron chi connectivity index (χ3n) is 7.33. The maximum absolute atomic E-state index is 11.3. The second-order valence-electron chi connectivity index (χ2n) is 10.5. The Labute approximate surface area is 219 Å². The van der Waals surface area contributed by atoms with Gasteiger partial charge in [0.25, 0.3) is 0 Å². The predicted molar refractivity (Wildman–Crippen MR) is 149 cm³/mol. The van der Waals surface area contributed by atoms with E-state index in [-0.39, 0.29) is 23.0 Å². The summed E-state index contributed by atoms with van der Waals surface area (Å²) < 4.78 is 0. The Morgan fingerprint density at radius 2 is 0.892 bits per heavy atom. The molecule has 0 aromatic heterocycles. The lowest BCUT2D eigenvalue weighted by Crippen LogP contribution is -2.01. The summed E-state index contributed by atoms with van der Waals surface area (Å²) in [6.45, 7) is 11.7. The predicted octanol–water partition coefficient (Wildman–Crippen LogP) is 7.13. The van der Waals surface area contributed by atoms with E-state index in [9.17, 15) is 20.4 Å². The average Bonchev–Trinajstić information content (AvgIpc) is 2.83. The molecule has 37 heavy (non-hydrogen) atoms. The Balaban J connectivity index is 1.70. The monoisotopic (exact) mass is 496 g/mol. The molecule has 4 aromatic rings. The zero-order valence-electron chi connectivity index (χ0n) is 22.5. The molecule has 0 aliphatic carbocycles. The van der Waals surface area contributed by atoms with E-state index in [0.717, 1.165) is 66.8 Å². The van der Waals surface area contributed by atoms with E-state index in [2.05, 4.69) is 0 Å². The number of rotatable bonds is 6. The van der Waals surface area contributed by atoms with Gasteiger partial charge in [-0.3, -0.25) is 0 Å². The normalized spacial score (nSPS) is 11.2. The maximum atomic E-state index is 11.3. The Bertz CT molecular complexity index is 1500. The number of hydrogen-bond donors (Lipinski definition) is 4. The van der Waals surface area contributed by atoms with E-state index >= 15 is 0 Å². The summed E-state index contributed by atoms with van der Waals surface area (Å²) in [5.41, 5.74) is 10.5. The number of benzene rings is 4. The third kappa shape index (κ3) is 5.43. The molecule has 4 aromatic carbocycles. The van der Waals surface area contributed by atoms with Gasteiger partial charge >= 0.3 is 0 Å². The summed E-state index contributed by atoms with van der Waals surface area (Å²) in [4.78, 5) is 0. The lowest BCUT2D eigenvalue weighted by atomic mass is 9.90. The van der Waals surface area contributed by atoms with Gasteiger partial charge in [-0.25, -0.2) is 0 Å². The van der Waals surface area contributed by atoms with Crippen LogP contribution < -0.4 is 0 Å². The second-order valence-corrected chi connectivity index (χ2v) is 10.5. The highest BCUT2D eigenvalue weighted by Crippen LogP contribution is 2.36. The highest BCUT2D eigenvalue weighted by molar-refractivity contribution is 5.55. The van der Waals surface area contributed by atoms with E-state index in [1.165, 1.54) is 0 Å². The number of phenols is 4. The van der Waals surface area contributed by atoms with Crippen molar-refractivity contribution in [1.82, 2.24) is 0 Å². The van der Waals surface area contributed by atoms with Crippen molar-refractivity contribution in [2.75, 3.05) is 0 Å². The van der Waals surface area contributed by atoms with Crippen LogP contribution in [0.25, 0.3) is 0 Å². The van der Waals surface area contributed by atoms with Crippen molar-refractivity contribution >= 4 is 0 Å². The molecule has 0 amide bonds. The molecule has 0 saturated carbocycles. The highest BCUT2D eigenvalue weighted by Gasteiger charge is 2.17. The summed E-state index contributed by atoms with van der Waals surface area (Å²) in [5.74, 6) is 0.960. The van der Waals surface area contributed by atoms with E-state index in [4.69, 9.17) is 0 Å². The fourth-order valence-electron chi connectivity index (χ4n) is 5.14. The molecule has 4 nitrogen and oxygen atoms in total. The van der Waals surface area contributed by atoms with Gasteiger partial charge in [0.2, 0.25) is 0 Å². The van der Waals surface area contributed by atoms with Gasteiger partial charge in [-0.1, -0.05) is 53.6 Å². The van der Waals surface area contributed by atoms with Gasteiger partial charge in [-0.05, 0) is 97.7 Å². The molecular weight excluding hydrogens is 460 g/mol. The Morgan fingerprint density at radius 3 is 1.43 bits per heavy atom. The minimum absolute atomic E-state index is 0.193. The number of phenolic OH excluding ortho intramolecular Hbond substituents is 4. The van der Waals surface area contributed by atoms with Crippen molar-refractivity contribution in [3.8, 4) is 23.0 Å². The molecule has 0 unspecified atom stereocenters. The Kier molecular flexibility index (Phi) is 7.22. The van der Waals surface area contributed by atoms with Crippen LogP contribution in [-0.2, 0) is 19.3 Å². The van der Waals surface area contributed by atoms with Crippen molar-refractivity contribution in [2.45, 2.75) is 60.8 Å². The standard InChI is InChI=1S/C33H36O4/c1-18-9-25(15-24-13-23(6)30(34)14-22(24)5)32(36)26(10-18)16-27-11-19(2)12-28(33(27)37)17-29-20(3)7-8-21(4)31(29)35/h7-14,34-37H,15-17H2,1-6H3. The first-order chi connectivity index (χ1) is 17.4. The summed E-state index contributed by atoms with van der Waals surface area (Å²) in [6.07, 6.45) is 1.35. The minimum atomic E-state index is 0.193. The smallest absolute Gasteiger partial charge is 0.122 e. The van der Waals surface area contributed by atoms with Gasteiger partial charge in [0.05, 0.1) is 0 Å². The van der Waals surface area contributed by atoms with E-state index in [1.807, 2.05) is 84.0 Å². The minimum Gasteiger partial charge on any atom is -0.508 e. The summed E-state index contributed by atoms with van der Waals surface area (Å²) in [7, 11) is 0. The van der Waals surface area contributed by atoms with Gasteiger partial charge in [0.15, 0.2) is 0 Å². The molecule has 0 aliphatic rings. The van der Waals surface area contributed by atoms with E-state index in [1.54, 1.807) is 6.07 Å². The van der Waals surface area contributed by atoms with Crippen molar-refractivity contribution < 1.29 is 20.4 Å². The average molecular weight is 497 g/mol. The largest absolute Gasteiger partial charge is 0.508 e.